The van der Waals surface area contributed by atoms with Crippen LogP contribution in [0.3, 0.4) is 0 Å². The Bertz CT molecular complexity index is 142. The van der Waals surface area contributed by atoms with Gasteiger partial charge in [-0.2, -0.15) is 0 Å². The Kier molecular flexibility index (Phi) is 2.63. The largest absolute Gasteiger partial charge is 0.298 e. The summed E-state index contributed by atoms with van der Waals surface area (Å²) in [6.45, 7) is 6.24. The van der Waals surface area contributed by atoms with Crippen LogP contribution in [-0.4, -0.2) is 30.3 Å². The maximum atomic E-state index is 10.7. The van der Waals surface area contributed by atoms with Gasteiger partial charge in [0, 0.05) is 19.5 Å². The van der Waals surface area contributed by atoms with Crippen molar-refractivity contribution < 1.29 is 4.79 Å². The molecule has 0 aliphatic carbocycles. The van der Waals surface area contributed by atoms with Gasteiger partial charge in [-0.25, -0.2) is 0 Å². The van der Waals surface area contributed by atoms with Gasteiger partial charge in [0.1, 0.15) is 5.78 Å². The van der Waals surface area contributed by atoms with Gasteiger partial charge in [-0.15, -0.1) is 6.58 Å². The fourth-order valence-electron chi connectivity index (χ4n) is 1.16. The number of likely N-dealkylation sites (tertiary alicyclic amines) is 1. The monoisotopic (exact) mass is 139 g/mol. The van der Waals surface area contributed by atoms with E-state index in [1.807, 2.05) is 6.08 Å². The first kappa shape index (κ1) is 7.48. The average molecular weight is 139 g/mol. The van der Waals surface area contributed by atoms with Gasteiger partial charge in [0.2, 0.25) is 0 Å². The maximum Gasteiger partial charge on any atom is 0.148 e. The lowest BCUT2D eigenvalue weighted by Gasteiger charge is -2.10. The Hall–Kier alpha value is -0.630. The van der Waals surface area contributed by atoms with E-state index in [9.17, 15) is 4.79 Å². The molecule has 0 radical (unpaired) electrons. The van der Waals surface area contributed by atoms with E-state index in [4.69, 9.17) is 0 Å². The van der Waals surface area contributed by atoms with Crippen LogP contribution in [0.15, 0.2) is 12.7 Å². The molecule has 0 amide bonds. The highest BCUT2D eigenvalue weighted by molar-refractivity contribution is 5.82. The molecular weight excluding hydrogens is 126 g/mol. The molecule has 0 aromatic heterocycles. The highest BCUT2D eigenvalue weighted by Crippen LogP contribution is 2.03. The third-order valence-corrected chi connectivity index (χ3v) is 1.76. The Morgan fingerprint density at radius 3 is 3.00 bits per heavy atom. The van der Waals surface area contributed by atoms with E-state index in [0.29, 0.717) is 12.3 Å². The van der Waals surface area contributed by atoms with Gasteiger partial charge < -0.3 is 0 Å². The summed E-state index contributed by atoms with van der Waals surface area (Å²) in [5, 5.41) is 0. The zero-order valence-electron chi connectivity index (χ0n) is 6.18. The highest BCUT2D eigenvalue weighted by atomic mass is 16.1. The zero-order valence-corrected chi connectivity index (χ0v) is 6.18. The van der Waals surface area contributed by atoms with Crippen molar-refractivity contribution in [3.8, 4) is 0 Å². The summed E-state index contributed by atoms with van der Waals surface area (Å²) < 4.78 is 0. The Labute approximate surface area is 61.5 Å². The first-order chi connectivity index (χ1) is 4.83. The molecule has 0 saturated carbocycles. The molecule has 1 fully saturated rings. The SMILES string of the molecule is C=CCCN1CCC(=O)C1. The predicted molar refractivity (Wildman–Crippen MR) is 40.9 cm³/mol. The van der Waals surface area contributed by atoms with E-state index in [2.05, 4.69) is 11.5 Å². The van der Waals surface area contributed by atoms with Crippen LogP contribution in [0, 0.1) is 0 Å². The second-order valence-corrected chi connectivity index (χ2v) is 2.64. The number of hydrogen-bond donors (Lipinski definition) is 0. The first-order valence-corrected chi connectivity index (χ1v) is 3.68. The van der Waals surface area contributed by atoms with Crippen LogP contribution in [0.5, 0.6) is 0 Å². The van der Waals surface area contributed by atoms with Crippen LogP contribution in [-0.2, 0) is 4.79 Å². The van der Waals surface area contributed by atoms with E-state index >= 15 is 0 Å². The molecule has 56 valence electrons. The minimum Gasteiger partial charge on any atom is -0.298 e. The number of nitrogens with zero attached hydrogens (tertiary/aromatic N) is 1. The molecule has 0 unspecified atom stereocenters. The molecular formula is C8H13NO. The summed E-state index contributed by atoms with van der Waals surface area (Å²) >= 11 is 0. The number of Topliss-reactive ketones (excluding diaryl/α,β-unsaturated/α-hetero) is 1. The van der Waals surface area contributed by atoms with Gasteiger partial charge in [-0.05, 0) is 6.42 Å². The molecule has 1 aliphatic rings. The summed E-state index contributed by atoms with van der Waals surface area (Å²) in [6.07, 6.45) is 3.63. The van der Waals surface area contributed by atoms with Crippen molar-refractivity contribution in [1.29, 1.82) is 0 Å². The van der Waals surface area contributed by atoms with Crippen molar-refractivity contribution >= 4 is 5.78 Å². The Morgan fingerprint density at radius 2 is 2.50 bits per heavy atom. The van der Waals surface area contributed by atoms with Crippen molar-refractivity contribution in [2.75, 3.05) is 19.6 Å². The molecule has 2 nitrogen and oxygen atoms in total. The molecule has 1 saturated heterocycles. The van der Waals surface area contributed by atoms with Crippen LogP contribution < -0.4 is 0 Å². The number of hydrogen-bond acceptors (Lipinski definition) is 2. The van der Waals surface area contributed by atoms with Gasteiger partial charge in [0.25, 0.3) is 0 Å². The van der Waals surface area contributed by atoms with Crippen molar-refractivity contribution in [1.82, 2.24) is 4.90 Å². The standard InChI is InChI=1S/C8H13NO/c1-2-3-5-9-6-4-8(10)7-9/h2H,1,3-7H2. The molecule has 0 spiro atoms. The molecule has 1 heterocycles. The van der Waals surface area contributed by atoms with E-state index in [0.717, 1.165) is 25.9 Å². The lowest BCUT2D eigenvalue weighted by Crippen LogP contribution is -2.21. The van der Waals surface area contributed by atoms with E-state index in [-0.39, 0.29) is 0 Å². The van der Waals surface area contributed by atoms with Crippen molar-refractivity contribution in [2.24, 2.45) is 0 Å². The van der Waals surface area contributed by atoms with Crippen molar-refractivity contribution in [3.63, 3.8) is 0 Å². The minimum atomic E-state index is 0.379. The second kappa shape index (κ2) is 3.52. The summed E-state index contributed by atoms with van der Waals surface area (Å²) in [5.74, 6) is 0.379. The number of carbonyl (C=O) groups excluding carboxylic acids is 1. The molecule has 0 bridgehead atoms. The van der Waals surface area contributed by atoms with Crippen LogP contribution in [0.2, 0.25) is 0 Å². The third kappa shape index (κ3) is 1.95. The summed E-state index contributed by atoms with van der Waals surface area (Å²) in [6, 6.07) is 0. The number of ketones is 1. The van der Waals surface area contributed by atoms with E-state index in [1.165, 1.54) is 0 Å². The fraction of sp³-hybridized carbons (Fsp3) is 0.625. The first-order valence-electron chi connectivity index (χ1n) is 3.68. The summed E-state index contributed by atoms with van der Waals surface area (Å²) in [5.41, 5.74) is 0. The van der Waals surface area contributed by atoms with Crippen LogP contribution in [0.4, 0.5) is 0 Å². The second-order valence-electron chi connectivity index (χ2n) is 2.64. The van der Waals surface area contributed by atoms with Crippen molar-refractivity contribution in [2.45, 2.75) is 12.8 Å². The minimum absolute atomic E-state index is 0.379. The molecule has 0 N–H and O–H groups in total. The van der Waals surface area contributed by atoms with Crippen LogP contribution >= 0.6 is 0 Å². The van der Waals surface area contributed by atoms with Gasteiger partial charge in [0.05, 0.1) is 6.54 Å². The predicted octanol–water partition coefficient (Wildman–Crippen LogP) is 0.837. The van der Waals surface area contributed by atoms with Crippen LogP contribution in [0.1, 0.15) is 12.8 Å². The zero-order chi connectivity index (χ0) is 7.40. The third-order valence-electron chi connectivity index (χ3n) is 1.76. The Balaban J connectivity index is 2.18. The highest BCUT2D eigenvalue weighted by Gasteiger charge is 2.17. The van der Waals surface area contributed by atoms with E-state index in [1.54, 1.807) is 0 Å². The van der Waals surface area contributed by atoms with Gasteiger partial charge >= 0.3 is 0 Å². The molecule has 1 aliphatic heterocycles. The van der Waals surface area contributed by atoms with Crippen molar-refractivity contribution in [3.05, 3.63) is 12.7 Å². The van der Waals surface area contributed by atoms with Gasteiger partial charge in [-0.3, -0.25) is 9.69 Å². The smallest absolute Gasteiger partial charge is 0.148 e. The molecule has 0 atom stereocenters. The lowest BCUT2D eigenvalue weighted by molar-refractivity contribution is -0.116. The molecule has 0 aromatic rings. The fourth-order valence-corrected chi connectivity index (χ4v) is 1.16. The topological polar surface area (TPSA) is 20.3 Å². The average Bonchev–Trinajstić information content (AvgIpc) is 2.31. The summed E-state index contributed by atoms with van der Waals surface area (Å²) in [7, 11) is 0. The quantitative estimate of drug-likeness (QED) is 0.540. The maximum absolute atomic E-state index is 10.7. The Morgan fingerprint density at radius 1 is 1.70 bits per heavy atom. The number of rotatable bonds is 3. The normalized spacial score (nSPS) is 19.8. The van der Waals surface area contributed by atoms with Gasteiger partial charge in [-0.1, -0.05) is 6.08 Å². The van der Waals surface area contributed by atoms with E-state index < -0.39 is 0 Å². The molecule has 10 heavy (non-hydrogen) atoms. The van der Waals surface area contributed by atoms with Crippen LogP contribution in [0.25, 0.3) is 0 Å². The lowest BCUT2D eigenvalue weighted by atomic mass is 10.4. The molecule has 1 rings (SSSR count). The molecule has 0 aromatic carbocycles. The summed E-state index contributed by atoms with van der Waals surface area (Å²) in [4.78, 5) is 12.9. The van der Waals surface area contributed by atoms with Gasteiger partial charge in [0.15, 0.2) is 0 Å². The number of carbonyl (C=O) groups is 1. The molecule has 2 heteroatoms.